The molecule has 0 bridgehead atoms. The fourth-order valence-electron chi connectivity index (χ4n) is 0.850. The highest BCUT2D eigenvalue weighted by Crippen LogP contribution is 2.12. The van der Waals surface area contributed by atoms with Crippen LogP contribution in [-0.2, 0) is 4.74 Å². The average Bonchev–Trinajstić information content (AvgIpc) is 1.89. The summed E-state index contributed by atoms with van der Waals surface area (Å²) in [5.41, 5.74) is 0. The molecule has 0 amide bonds. The van der Waals surface area contributed by atoms with E-state index in [2.05, 4.69) is 0 Å². The van der Waals surface area contributed by atoms with E-state index in [4.69, 9.17) is 15.1 Å². The largest absolute Gasteiger partial charge is 0.392 e. The average molecular weight is 127 g/mol. The zero-order valence-corrected chi connectivity index (χ0v) is 5.08. The highest BCUT2D eigenvalue weighted by Gasteiger charge is 2.22. The lowest BCUT2D eigenvalue weighted by atomic mass is 10.0. The zero-order chi connectivity index (χ0) is 6.69. The first-order valence-electron chi connectivity index (χ1n) is 3.00. The Labute approximate surface area is 53.9 Å². The number of aliphatic hydroxyl groups is 1. The Kier molecular flexibility index (Phi) is 2.04. The van der Waals surface area contributed by atoms with Crippen LogP contribution in [-0.4, -0.2) is 24.4 Å². The highest BCUT2D eigenvalue weighted by atomic mass is 16.5. The molecule has 0 unspecified atom stereocenters. The number of nitrogens with zero attached hydrogens (tertiary/aromatic N) is 1. The van der Waals surface area contributed by atoms with Crippen molar-refractivity contribution >= 4 is 0 Å². The van der Waals surface area contributed by atoms with Gasteiger partial charge in [0.25, 0.3) is 0 Å². The summed E-state index contributed by atoms with van der Waals surface area (Å²) < 4.78 is 4.96. The van der Waals surface area contributed by atoms with Gasteiger partial charge in [-0.15, -0.1) is 0 Å². The van der Waals surface area contributed by atoms with Gasteiger partial charge in [0, 0.05) is 6.61 Å². The predicted molar refractivity (Wildman–Crippen MR) is 30.5 cm³/mol. The summed E-state index contributed by atoms with van der Waals surface area (Å²) in [6.45, 7) is 0.969. The molecule has 2 atom stereocenters. The van der Waals surface area contributed by atoms with Gasteiger partial charge in [-0.05, 0) is 6.42 Å². The summed E-state index contributed by atoms with van der Waals surface area (Å²) in [5, 5.41) is 17.4. The number of hydrogen-bond acceptors (Lipinski definition) is 3. The molecular formula is C6H9NO2. The molecule has 1 heterocycles. The number of nitriles is 1. The van der Waals surface area contributed by atoms with Gasteiger partial charge in [-0.1, -0.05) is 0 Å². The van der Waals surface area contributed by atoms with E-state index in [1.54, 1.807) is 0 Å². The maximum atomic E-state index is 9.07. The standard InChI is InChI=1S/C6H9NO2/c7-3-5-4-9-2-1-6(5)8/h5-6,8H,1-2,4H2/t5-,6+/m0/s1. The van der Waals surface area contributed by atoms with E-state index in [1.807, 2.05) is 6.07 Å². The SMILES string of the molecule is N#C[C@H]1COCC[C@H]1O. The minimum Gasteiger partial charge on any atom is -0.392 e. The molecule has 1 N–H and O–H groups in total. The first-order valence-corrected chi connectivity index (χ1v) is 3.00. The summed E-state index contributed by atoms with van der Waals surface area (Å²) in [5.74, 6) is -0.307. The molecule has 1 aliphatic rings. The van der Waals surface area contributed by atoms with Gasteiger partial charge in [0.15, 0.2) is 0 Å². The lowest BCUT2D eigenvalue weighted by Gasteiger charge is -2.21. The summed E-state index contributed by atoms with van der Waals surface area (Å²) in [6, 6.07) is 1.98. The van der Waals surface area contributed by atoms with Crippen LogP contribution in [0.3, 0.4) is 0 Å². The molecule has 3 heteroatoms. The van der Waals surface area contributed by atoms with E-state index in [1.165, 1.54) is 0 Å². The maximum Gasteiger partial charge on any atom is 0.0956 e. The summed E-state index contributed by atoms with van der Waals surface area (Å²) in [7, 11) is 0. The van der Waals surface area contributed by atoms with E-state index in [9.17, 15) is 0 Å². The molecular weight excluding hydrogens is 118 g/mol. The van der Waals surface area contributed by atoms with Crippen molar-refractivity contribution in [1.29, 1.82) is 5.26 Å². The number of hydrogen-bond donors (Lipinski definition) is 1. The molecule has 0 spiro atoms. The molecule has 1 aliphatic heterocycles. The molecule has 9 heavy (non-hydrogen) atoms. The Bertz CT molecular complexity index is 130. The molecule has 50 valence electrons. The van der Waals surface area contributed by atoms with Crippen molar-refractivity contribution < 1.29 is 9.84 Å². The topological polar surface area (TPSA) is 53.2 Å². The van der Waals surface area contributed by atoms with E-state index >= 15 is 0 Å². The molecule has 0 aromatic heterocycles. The van der Waals surface area contributed by atoms with Gasteiger partial charge in [0.1, 0.15) is 0 Å². The number of rotatable bonds is 0. The monoisotopic (exact) mass is 127 g/mol. The molecule has 1 rings (SSSR count). The molecule has 1 saturated heterocycles. The lowest BCUT2D eigenvalue weighted by molar-refractivity contribution is -0.0149. The first-order chi connectivity index (χ1) is 4.34. The molecule has 0 aliphatic carbocycles. The molecule has 0 aromatic carbocycles. The Morgan fingerprint density at radius 2 is 2.44 bits per heavy atom. The third-order valence-electron chi connectivity index (χ3n) is 1.49. The summed E-state index contributed by atoms with van der Waals surface area (Å²) >= 11 is 0. The van der Waals surface area contributed by atoms with Crippen molar-refractivity contribution in [3.63, 3.8) is 0 Å². The van der Waals surface area contributed by atoms with Gasteiger partial charge in [0.05, 0.1) is 24.7 Å². The van der Waals surface area contributed by atoms with Gasteiger partial charge in [0.2, 0.25) is 0 Å². The lowest BCUT2D eigenvalue weighted by Crippen LogP contribution is -2.30. The smallest absolute Gasteiger partial charge is 0.0956 e. The van der Waals surface area contributed by atoms with Gasteiger partial charge >= 0.3 is 0 Å². The maximum absolute atomic E-state index is 9.07. The van der Waals surface area contributed by atoms with Crippen LogP contribution in [0, 0.1) is 17.2 Å². The zero-order valence-electron chi connectivity index (χ0n) is 5.08. The van der Waals surface area contributed by atoms with Crippen LogP contribution in [0.1, 0.15) is 6.42 Å². The summed E-state index contributed by atoms with van der Waals surface area (Å²) in [6.07, 6.45) is 0.127. The fraction of sp³-hybridized carbons (Fsp3) is 0.833. The van der Waals surface area contributed by atoms with E-state index in [0.29, 0.717) is 19.6 Å². The quantitative estimate of drug-likeness (QED) is 0.494. The van der Waals surface area contributed by atoms with Crippen molar-refractivity contribution in [2.45, 2.75) is 12.5 Å². The van der Waals surface area contributed by atoms with Gasteiger partial charge in [-0.3, -0.25) is 0 Å². The fourth-order valence-corrected chi connectivity index (χ4v) is 0.850. The number of ether oxygens (including phenoxy) is 1. The molecule has 0 aromatic rings. The Balaban J connectivity index is 2.41. The second kappa shape index (κ2) is 2.81. The predicted octanol–water partition coefficient (Wildman–Crippen LogP) is -0.0926. The minimum atomic E-state index is -0.469. The van der Waals surface area contributed by atoms with Crippen LogP contribution in [0.4, 0.5) is 0 Å². The summed E-state index contributed by atoms with van der Waals surface area (Å²) in [4.78, 5) is 0. The van der Waals surface area contributed by atoms with Crippen LogP contribution in [0.2, 0.25) is 0 Å². The number of aliphatic hydroxyl groups excluding tert-OH is 1. The van der Waals surface area contributed by atoms with Crippen LogP contribution in [0.5, 0.6) is 0 Å². The van der Waals surface area contributed by atoms with E-state index in [-0.39, 0.29) is 5.92 Å². The Morgan fingerprint density at radius 3 is 2.89 bits per heavy atom. The van der Waals surface area contributed by atoms with Crippen molar-refractivity contribution in [1.82, 2.24) is 0 Å². The molecule has 0 saturated carbocycles. The van der Waals surface area contributed by atoms with Crippen molar-refractivity contribution in [2.24, 2.45) is 5.92 Å². The molecule has 0 radical (unpaired) electrons. The van der Waals surface area contributed by atoms with E-state index < -0.39 is 6.10 Å². The normalized spacial score (nSPS) is 35.6. The Hall–Kier alpha value is -0.590. The first kappa shape index (κ1) is 6.53. The van der Waals surface area contributed by atoms with Gasteiger partial charge < -0.3 is 9.84 Å². The van der Waals surface area contributed by atoms with Crippen LogP contribution >= 0.6 is 0 Å². The van der Waals surface area contributed by atoms with Gasteiger partial charge in [-0.2, -0.15) is 5.26 Å². The van der Waals surface area contributed by atoms with E-state index in [0.717, 1.165) is 0 Å². The second-order valence-corrected chi connectivity index (χ2v) is 2.17. The highest BCUT2D eigenvalue weighted by molar-refractivity contribution is 4.89. The Morgan fingerprint density at radius 1 is 1.67 bits per heavy atom. The van der Waals surface area contributed by atoms with Crippen molar-refractivity contribution in [3.05, 3.63) is 0 Å². The minimum absolute atomic E-state index is 0.307. The molecule has 1 fully saturated rings. The van der Waals surface area contributed by atoms with Crippen LogP contribution in [0.15, 0.2) is 0 Å². The van der Waals surface area contributed by atoms with Gasteiger partial charge in [-0.25, -0.2) is 0 Å². The second-order valence-electron chi connectivity index (χ2n) is 2.17. The third-order valence-corrected chi connectivity index (χ3v) is 1.49. The van der Waals surface area contributed by atoms with Crippen LogP contribution < -0.4 is 0 Å². The van der Waals surface area contributed by atoms with Crippen LogP contribution in [0.25, 0.3) is 0 Å². The third kappa shape index (κ3) is 1.41. The molecule has 3 nitrogen and oxygen atoms in total. The van der Waals surface area contributed by atoms with Crippen molar-refractivity contribution in [3.8, 4) is 6.07 Å². The van der Waals surface area contributed by atoms with Crippen molar-refractivity contribution in [2.75, 3.05) is 13.2 Å².